The lowest BCUT2D eigenvalue weighted by molar-refractivity contribution is 0.323. The van der Waals surface area contributed by atoms with E-state index in [-0.39, 0.29) is 5.38 Å². The Labute approximate surface area is 107 Å². The molecule has 2 bridgehead atoms. The molecule has 16 heavy (non-hydrogen) atoms. The predicted octanol–water partition coefficient (Wildman–Crippen LogP) is 5.06. The Morgan fingerprint density at radius 3 is 2.38 bits per heavy atom. The van der Waals surface area contributed by atoms with Gasteiger partial charge in [0.15, 0.2) is 0 Å². The summed E-state index contributed by atoms with van der Waals surface area (Å²) >= 11 is 12.5. The van der Waals surface area contributed by atoms with Gasteiger partial charge in [-0.2, -0.15) is 0 Å². The third kappa shape index (κ3) is 1.87. The second-order valence-electron chi connectivity index (χ2n) is 5.29. The lowest BCUT2D eigenvalue weighted by Gasteiger charge is -2.26. The Balaban J connectivity index is 1.77. The molecular weight excluding hydrogens is 239 g/mol. The van der Waals surface area contributed by atoms with Crippen LogP contribution in [0.3, 0.4) is 0 Å². The van der Waals surface area contributed by atoms with E-state index in [1.165, 1.54) is 31.2 Å². The van der Waals surface area contributed by atoms with Crippen LogP contribution in [0.5, 0.6) is 0 Å². The molecule has 2 saturated carbocycles. The minimum atomic E-state index is 0.188. The molecule has 1 aromatic carbocycles. The minimum absolute atomic E-state index is 0.188. The third-order valence-corrected chi connectivity index (χ3v) is 5.18. The number of hydrogen-bond donors (Lipinski definition) is 0. The highest BCUT2D eigenvalue weighted by atomic mass is 35.5. The summed E-state index contributed by atoms with van der Waals surface area (Å²) in [5, 5.41) is 0.980. The molecule has 4 unspecified atom stereocenters. The summed E-state index contributed by atoms with van der Waals surface area (Å²) in [5.41, 5.74) is 1.24. The van der Waals surface area contributed by atoms with E-state index in [2.05, 4.69) is 12.1 Å². The van der Waals surface area contributed by atoms with E-state index in [9.17, 15) is 0 Å². The van der Waals surface area contributed by atoms with Crippen LogP contribution in [-0.4, -0.2) is 0 Å². The van der Waals surface area contributed by atoms with Gasteiger partial charge in [0, 0.05) is 5.02 Å². The molecule has 2 aliphatic rings. The van der Waals surface area contributed by atoms with E-state index in [0.29, 0.717) is 5.92 Å². The van der Waals surface area contributed by atoms with E-state index >= 15 is 0 Å². The summed E-state index contributed by atoms with van der Waals surface area (Å²) in [6.45, 7) is 0. The third-order valence-electron chi connectivity index (χ3n) is 4.36. The summed E-state index contributed by atoms with van der Waals surface area (Å²) in [4.78, 5) is 0. The van der Waals surface area contributed by atoms with Crippen molar-refractivity contribution in [3.05, 3.63) is 34.9 Å². The molecule has 0 heterocycles. The van der Waals surface area contributed by atoms with Gasteiger partial charge in [-0.25, -0.2) is 0 Å². The molecule has 86 valence electrons. The largest absolute Gasteiger partial charge is 0.118 e. The number of benzene rings is 1. The molecular formula is C14H16Cl2. The SMILES string of the molecule is Clc1ccc(C(Cl)C2CC3CCC2C3)cc1. The average Bonchev–Trinajstić information content (AvgIpc) is 2.91. The first-order valence-corrected chi connectivity index (χ1v) is 6.95. The Kier molecular flexibility index (Phi) is 2.89. The van der Waals surface area contributed by atoms with Crippen molar-refractivity contribution in [1.82, 2.24) is 0 Å². The highest BCUT2D eigenvalue weighted by Crippen LogP contribution is 2.54. The van der Waals surface area contributed by atoms with Crippen LogP contribution in [0.15, 0.2) is 24.3 Å². The van der Waals surface area contributed by atoms with E-state index in [0.717, 1.165) is 16.9 Å². The molecule has 1 aromatic rings. The van der Waals surface area contributed by atoms with Crippen LogP contribution in [-0.2, 0) is 0 Å². The van der Waals surface area contributed by atoms with E-state index in [4.69, 9.17) is 23.2 Å². The predicted molar refractivity (Wildman–Crippen MR) is 69.0 cm³/mol. The first kappa shape index (κ1) is 10.9. The maximum atomic E-state index is 6.62. The average molecular weight is 255 g/mol. The van der Waals surface area contributed by atoms with Crippen LogP contribution in [0.4, 0.5) is 0 Å². The molecule has 2 aliphatic carbocycles. The van der Waals surface area contributed by atoms with Gasteiger partial charge < -0.3 is 0 Å². The van der Waals surface area contributed by atoms with Gasteiger partial charge in [-0.1, -0.05) is 30.2 Å². The number of alkyl halides is 1. The van der Waals surface area contributed by atoms with Crippen LogP contribution >= 0.6 is 23.2 Å². The summed E-state index contributed by atoms with van der Waals surface area (Å²) in [6, 6.07) is 8.04. The molecule has 0 aromatic heterocycles. The molecule has 0 spiro atoms. The lowest BCUT2D eigenvalue weighted by atomic mass is 9.84. The van der Waals surface area contributed by atoms with Crippen molar-refractivity contribution in [2.75, 3.05) is 0 Å². The van der Waals surface area contributed by atoms with Crippen molar-refractivity contribution in [3.63, 3.8) is 0 Å². The van der Waals surface area contributed by atoms with Crippen molar-refractivity contribution in [1.29, 1.82) is 0 Å². The van der Waals surface area contributed by atoms with Gasteiger partial charge in [-0.15, -0.1) is 11.6 Å². The maximum absolute atomic E-state index is 6.62. The van der Waals surface area contributed by atoms with Crippen molar-refractivity contribution in [2.24, 2.45) is 17.8 Å². The Morgan fingerprint density at radius 2 is 1.81 bits per heavy atom. The molecule has 0 amide bonds. The van der Waals surface area contributed by atoms with Crippen LogP contribution in [0.1, 0.15) is 36.6 Å². The second kappa shape index (κ2) is 4.23. The van der Waals surface area contributed by atoms with Crippen molar-refractivity contribution < 1.29 is 0 Å². The minimum Gasteiger partial charge on any atom is -0.118 e. The maximum Gasteiger partial charge on any atom is 0.0616 e. The molecule has 3 rings (SSSR count). The Hall–Kier alpha value is -0.200. The zero-order valence-corrected chi connectivity index (χ0v) is 10.7. The monoisotopic (exact) mass is 254 g/mol. The summed E-state index contributed by atoms with van der Waals surface area (Å²) in [6.07, 6.45) is 5.58. The summed E-state index contributed by atoms with van der Waals surface area (Å²) in [5.74, 6) is 2.54. The van der Waals surface area contributed by atoms with Gasteiger partial charge in [0.25, 0.3) is 0 Å². The molecule has 2 heteroatoms. The molecule has 2 fully saturated rings. The standard InChI is InChI=1S/C14H16Cl2/c15-12-5-3-10(4-6-12)14(16)13-8-9-1-2-11(13)7-9/h3-6,9,11,13-14H,1-2,7-8H2. The zero-order chi connectivity index (χ0) is 11.1. The molecule has 0 aliphatic heterocycles. The van der Waals surface area contributed by atoms with Crippen molar-refractivity contribution in [2.45, 2.75) is 31.1 Å². The fourth-order valence-electron chi connectivity index (χ4n) is 3.55. The number of halogens is 2. The fraction of sp³-hybridized carbons (Fsp3) is 0.571. The van der Waals surface area contributed by atoms with Crippen LogP contribution in [0.25, 0.3) is 0 Å². The second-order valence-corrected chi connectivity index (χ2v) is 6.20. The topological polar surface area (TPSA) is 0 Å². The molecule has 0 nitrogen and oxygen atoms in total. The van der Waals surface area contributed by atoms with Gasteiger partial charge in [-0.3, -0.25) is 0 Å². The number of hydrogen-bond acceptors (Lipinski definition) is 0. The Bertz CT molecular complexity index is 371. The first-order valence-electron chi connectivity index (χ1n) is 6.13. The van der Waals surface area contributed by atoms with Crippen LogP contribution < -0.4 is 0 Å². The van der Waals surface area contributed by atoms with Crippen LogP contribution in [0.2, 0.25) is 5.02 Å². The number of rotatable bonds is 2. The first-order chi connectivity index (χ1) is 7.74. The Morgan fingerprint density at radius 1 is 1.06 bits per heavy atom. The van der Waals surface area contributed by atoms with Gasteiger partial charge >= 0.3 is 0 Å². The smallest absolute Gasteiger partial charge is 0.0616 e. The fourth-order valence-corrected chi connectivity index (χ4v) is 4.13. The zero-order valence-electron chi connectivity index (χ0n) is 9.20. The molecule has 0 saturated heterocycles. The molecule has 4 atom stereocenters. The van der Waals surface area contributed by atoms with Crippen molar-refractivity contribution in [3.8, 4) is 0 Å². The highest BCUT2D eigenvalue weighted by Gasteiger charge is 2.42. The normalized spacial score (nSPS) is 34.2. The molecule has 0 radical (unpaired) electrons. The quantitative estimate of drug-likeness (QED) is 0.648. The molecule has 0 N–H and O–H groups in total. The van der Waals surface area contributed by atoms with E-state index in [1.54, 1.807) is 0 Å². The number of fused-ring (bicyclic) bond motifs is 2. The van der Waals surface area contributed by atoms with E-state index in [1.807, 2.05) is 12.1 Å². The van der Waals surface area contributed by atoms with Gasteiger partial charge in [0.1, 0.15) is 0 Å². The van der Waals surface area contributed by atoms with Crippen LogP contribution in [0, 0.1) is 17.8 Å². The van der Waals surface area contributed by atoms with Gasteiger partial charge in [0.2, 0.25) is 0 Å². The van der Waals surface area contributed by atoms with Gasteiger partial charge in [0.05, 0.1) is 5.38 Å². The highest BCUT2D eigenvalue weighted by molar-refractivity contribution is 6.30. The van der Waals surface area contributed by atoms with Gasteiger partial charge in [-0.05, 0) is 54.7 Å². The lowest BCUT2D eigenvalue weighted by Crippen LogP contribution is -2.15. The summed E-state index contributed by atoms with van der Waals surface area (Å²) < 4.78 is 0. The van der Waals surface area contributed by atoms with E-state index < -0.39 is 0 Å². The van der Waals surface area contributed by atoms with Crippen molar-refractivity contribution >= 4 is 23.2 Å². The summed E-state index contributed by atoms with van der Waals surface area (Å²) in [7, 11) is 0.